The molecule has 7 nitrogen and oxygen atoms in total. The zero-order chi connectivity index (χ0) is 19.4. The molecule has 1 spiro atoms. The molecule has 0 unspecified atom stereocenters. The van der Waals surface area contributed by atoms with E-state index in [0.717, 1.165) is 25.1 Å². The van der Waals surface area contributed by atoms with Crippen molar-refractivity contribution < 1.29 is 14.3 Å². The van der Waals surface area contributed by atoms with Gasteiger partial charge >= 0.3 is 0 Å². The Morgan fingerprint density at radius 3 is 2.67 bits per heavy atom. The fourth-order valence-electron chi connectivity index (χ4n) is 4.09. The molecular formula is C20H32N4O3. The highest BCUT2D eigenvalue weighted by Gasteiger charge is 2.41. The van der Waals surface area contributed by atoms with Crippen molar-refractivity contribution in [2.45, 2.75) is 51.6 Å². The molecule has 1 aromatic rings. The van der Waals surface area contributed by atoms with E-state index in [-0.39, 0.29) is 17.4 Å². The van der Waals surface area contributed by atoms with E-state index in [0.29, 0.717) is 51.4 Å². The van der Waals surface area contributed by atoms with Crippen molar-refractivity contribution in [1.29, 1.82) is 0 Å². The Kier molecular flexibility index (Phi) is 6.19. The SMILES string of the molecule is CC(C)CN1CCOC2(CCN(C(=O)CCc3ccnn3C)CC2)CC1=O. The average molecular weight is 377 g/mol. The number of amides is 2. The van der Waals surface area contributed by atoms with Crippen LogP contribution in [0.2, 0.25) is 0 Å². The van der Waals surface area contributed by atoms with Crippen LogP contribution in [0.15, 0.2) is 12.3 Å². The molecule has 0 aromatic carbocycles. The molecule has 0 bridgehead atoms. The van der Waals surface area contributed by atoms with Crippen molar-refractivity contribution in [2.24, 2.45) is 13.0 Å². The zero-order valence-corrected chi connectivity index (χ0v) is 16.8. The lowest BCUT2D eigenvalue weighted by Crippen LogP contribution is -2.49. The largest absolute Gasteiger partial charge is 0.372 e. The first-order chi connectivity index (χ1) is 12.9. The zero-order valence-electron chi connectivity index (χ0n) is 16.8. The summed E-state index contributed by atoms with van der Waals surface area (Å²) >= 11 is 0. The van der Waals surface area contributed by atoms with Crippen molar-refractivity contribution in [3.05, 3.63) is 18.0 Å². The summed E-state index contributed by atoms with van der Waals surface area (Å²) in [6.45, 7) is 7.65. The van der Waals surface area contributed by atoms with Gasteiger partial charge in [-0.15, -0.1) is 0 Å². The molecule has 0 atom stereocenters. The van der Waals surface area contributed by atoms with Gasteiger partial charge in [-0.1, -0.05) is 13.8 Å². The number of aromatic nitrogens is 2. The minimum atomic E-state index is -0.387. The summed E-state index contributed by atoms with van der Waals surface area (Å²) < 4.78 is 7.98. The molecule has 7 heteroatoms. The highest BCUT2D eigenvalue weighted by molar-refractivity contribution is 5.78. The molecule has 0 radical (unpaired) electrons. The maximum Gasteiger partial charge on any atom is 0.225 e. The van der Waals surface area contributed by atoms with Gasteiger partial charge in [0.05, 0.1) is 18.6 Å². The molecule has 3 rings (SSSR count). The van der Waals surface area contributed by atoms with Crippen molar-refractivity contribution in [3.63, 3.8) is 0 Å². The van der Waals surface area contributed by atoms with E-state index in [4.69, 9.17) is 4.74 Å². The molecule has 0 N–H and O–H groups in total. The molecule has 1 aromatic heterocycles. The lowest BCUT2D eigenvalue weighted by Gasteiger charge is -2.40. The van der Waals surface area contributed by atoms with Crippen LogP contribution < -0.4 is 0 Å². The Morgan fingerprint density at radius 1 is 1.30 bits per heavy atom. The molecule has 150 valence electrons. The third-order valence-corrected chi connectivity index (χ3v) is 5.73. The second kappa shape index (κ2) is 8.42. The van der Waals surface area contributed by atoms with E-state index in [1.165, 1.54) is 0 Å². The minimum Gasteiger partial charge on any atom is -0.372 e. The number of hydrogen-bond acceptors (Lipinski definition) is 4. The van der Waals surface area contributed by atoms with E-state index in [1.54, 1.807) is 6.20 Å². The molecule has 2 saturated heterocycles. The second-order valence-corrected chi connectivity index (χ2v) is 8.27. The van der Waals surface area contributed by atoms with Crippen molar-refractivity contribution in [1.82, 2.24) is 19.6 Å². The molecule has 27 heavy (non-hydrogen) atoms. The van der Waals surface area contributed by atoms with Gasteiger partial charge in [0.15, 0.2) is 0 Å². The van der Waals surface area contributed by atoms with E-state index in [1.807, 2.05) is 27.6 Å². The molecule has 2 fully saturated rings. The summed E-state index contributed by atoms with van der Waals surface area (Å²) in [7, 11) is 1.90. The van der Waals surface area contributed by atoms with Crippen molar-refractivity contribution in [2.75, 3.05) is 32.8 Å². The number of rotatable bonds is 5. The smallest absolute Gasteiger partial charge is 0.225 e. The molecule has 2 aliphatic heterocycles. The fraction of sp³-hybridized carbons (Fsp3) is 0.750. The number of piperidine rings is 1. The predicted molar refractivity (Wildman–Crippen MR) is 102 cm³/mol. The van der Waals surface area contributed by atoms with Crippen LogP contribution in [0.1, 0.15) is 45.2 Å². The van der Waals surface area contributed by atoms with Crippen LogP contribution in [0.5, 0.6) is 0 Å². The number of hydrogen-bond donors (Lipinski definition) is 0. The number of ether oxygens (including phenoxy) is 1. The Balaban J connectivity index is 1.51. The molecule has 0 aliphatic carbocycles. The van der Waals surface area contributed by atoms with Crippen LogP contribution in [0.4, 0.5) is 0 Å². The maximum absolute atomic E-state index is 12.7. The van der Waals surface area contributed by atoms with Gasteiger partial charge in [0, 0.05) is 51.5 Å². The van der Waals surface area contributed by atoms with Crippen LogP contribution >= 0.6 is 0 Å². The van der Waals surface area contributed by atoms with Gasteiger partial charge in [-0.25, -0.2) is 0 Å². The summed E-state index contributed by atoms with van der Waals surface area (Å²) in [4.78, 5) is 29.1. The highest BCUT2D eigenvalue weighted by atomic mass is 16.5. The van der Waals surface area contributed by atoms with Crippen LogP contribution in [-0.4, -0.2) is 69.8 Å². The molecule has 0 saturated carbocycles. The summed E-state index contributed by atoms with van der Waals surface area (Å²) in [5.74, 6) is 0.825. The Bertz CT molecular complexity index is 662. The Morgan fingerprint density at radius 2 is 2.04 bits per heavy atom. The van der Waals surface area contributed by atoms with E-state index < -0.39 is 0 Å². The predicted octanol–water partition coefficient (Wildman–Crippen LogP) is 1.62. The topological polar surface area (TPSA) is 67.7 Å². The van der Waals surface area contributed by atoms with Crippen LogP contribution in [-0.2, 0) is 27.8 Å². The van der Waals surface area contributed by atoms with E-state index in [9.17, 15) is 9.59 Å². The van der Waals surface area contributed by atoms with Crippen LogP contribution in [0, 0.1) is 5.92 Å². The molecule has 2 aliphatic rings. The van der Waals surface area contributed by atoms with Gasteiger partial charge < -0.3 is 14.5 Å². The first-order valence-electron chi connectivity index (χ1n) is 10.0. The van der Waals surface area contributed by atoms with Gasteiger partial charge in [-0.05, 0) is 31.2 Å². The van der Waals surface area contributed by atoms with Crippen LogP contribution in [0.25, 0.3) is 0 Å². The maximum atomic E-state index is 12.7. The van der Waals surface area contributed by atoms with Gasteiger partial charge in [-0.3, -0.25) is 14.3 Å². The standard InChI is InChI=1S/C20H32N4O3/c1-16(2)15-24-12-13-27-20(14-19(24)26)7-10-23(11-8-20)18(25)5-4-17-6-9-21-22(17)3/h6,9,16H,4-5,7-8,10-15H2,1-3H3. The Hall–Kier alpha value is -1.89. The van der Waals surface area contributed by atoms with Gasteiger partial charge in [0.25, 0.3) is 0 Å². The third kappa shape index (κ3) is 4.89. The highest BCUT2D eigenvalue weighted by Crippen LogP contribution is 2.32. The summed E-state index contributed by atoms with van der Waals surface area (Å²) in [5, 5.41) is 4.14. The van der Waals surface area contributed by atoms with Gasteiger partial charge in [0.1, 0.15) is 0 Å². The number of aryl methyl sites for hydroxylation is 2. The van der Waals surface area contributed by atoms with Crippen molar-refractivity contribution in [3.8, 4) is 0 Å². The number of carbonyl (C=O) groups is 2. The van der Waals surface area contributed by atoms with Gasteiger partial charge in [0.2, 0.25) is 11.8 Å². The summed E-state index contributed by atoms with van der Waals surface area (Å²) in [5.41, 5.74) is 0.682. The monoisotopic (exact) mass is 376 g/mol. The number of nitrogens with zero attached hydrogens (tertiary/aromatic N) is 4. The van der Waals surface area contributed by atoms with Crippen molar-refractivity contribution >= 4 is 11.8 Å². The first kappa shape index (κ1) is 19.9. The fourth-order valence-corrected chi connectivity index (χ4v) is 4.09. The molecule has 3 heterocycles. The molecule has 2 amide bonds. The molecular weight excluding hydrogens is 344 g/mol. The second-order valence-electron chi connectivity index (χ2n) is 8.27. The van der Waals surface area contributed by atoms with E-state index >= 15 is 0 Å². The van der Waals surface area contributed by atoms with E-state index in [2.05, 4.69) is 18.9 Å². The number of carbonyl (C=O) groups excluding carboxylic acids is 2. The Labute approximate surface area is 161 Å². The summed E-state index contributed by atoms with van der Waals surface area (Å²) in [6.07, 6.45) is 4.88. The van der Waals surface area contributed by atoms with Crippen LogP contribution in [0.3, 0.4) is 0 Å². The normalized spacial score (nSPS) is 20.4. The third-order valence-electron chi connectivity index (χ3n) is 5.73. The lowest BCUT2D eigenvalue weighted by atomic mass is 9.87. The first-order valence-corrected chi connectivity index (χ1v) is 10.0. The summed E-state index contributed by atoms with van der Waals surface area (Å²) in [6, 6.07) is 1.95. The quantitative estimate of drug-likeness (QED) is 0.783. The minimum absolute atomic E-state index is 0.174. The van der Waals surface area contributed by atoms with Gasteiger partial charge in [-0.2, -0.15) is 5.10 Å². The number of likely N-dealkylation sites (tertiary alicyclic amines) is 1. The lowest BCUT2D eigenvalue weighted by molar-refractivity contribution is -0.141. The average Bonchev–Trinajstić information content (AvgIpc) is 2.97.